The Hall–Kier alpha value is -3.06. The van der Waals surface area contributed by atoms with Gasteiger partial charge in [-0.3, -0.25) is 14.5 Å². The van der Waals surface area contributed by atoms with E-state index in [1.165, 1.54) is 19.3 Å². The molecular weight excluding hydrogens is 366 g/mol. The second-order valence-electron chi connectivity index (χ2n) is 5.80. The van der Waals surface area contributed by atoms with Crippen molar-refractivity contribution in [1.29, 1.82) is 0 Å². The molecule has 2 aromatic rings. The zero-order valence-corrected chi connectivity index (χ0v) is 15.7. The smallest absolute Gasteiger partial charge is 0.337 e. The average Bonchev–Trinajstić information content (AvgIpc) is 3.22. The molecule has 27 heavy (non-hydrogen) atoms. The van der Waals surface area contributed by atoms with Gasteiger partial charge < -0.3 is 9.15 Å². The molecule has 138 valence electrons. The standard InChI is InChI=1S/C20H17NO5S/c1-4-9-21-18(22)17(27-20(21)24)11-14-7-8-16(26-14)15-10-13(19(23)25-3)6-5-12(15)2/h4-8,10-11H,1,9H2,2-3H3/b17-11+. The maximum absolute atomic E-state index is 12.3. The van der Waals surface area contributed by atoms with E-state index < -0.39 is 5.97 Å². The number of esters is 1. The summed E-state index contributed by atoms with van der Waals surface area (Å²) in [5.74, 6) is 0.192. The molecule has 0 bridgehead atoms. The molecule has 1 aromatic carbocycles. The van der Waals surface area contributed by atoms with Crippen LogP contribution in [-0.2, 0) is 9.53 Å². The van der Waals surface area contributed by atoms with Gasteiger partial charge >= 0.3 is 5.97 Å². The molecule has 6 nitrogen and oxygen atoms in total. The number of ether oxygens (including phenoxy) is 1. The molecule has 2 amide bonds. The Bertz CT molecular complexity index is 973. The van der Waals surface area contributed by atoms with E-state index in [9.17, 15) is 14.4 Å². The normalized spacial score (nSPS) is 15.5. The highest BCUT2D eigenvalue weighted by Crippen LogP contribution is 2.33. The van der Waals surface area contributed by atoms with Gasteiger partial charge in [0.05, 0.1) is 17.6 Å². The number of aryl methyl sites for hydroxylation is 1. The number of hydrogen-bond donors (Lipinski definition) is 0. The molecule has 1 fully saturated rings. The Morgan fingerprint density at radius 3 is 2.78 bits per heavy atom. The first-order valence-electron chi connectivity index (χ1n) is 8.10. The largest absolute Gasteiger partial charge is 0.465 e. The zero-order chi connectivity index (χ0) is 19.6. The highest BCUT2D eigenvalue weighted by molar-refractivity contribution is 8.18. The molecule has 1 aliphatic rings. The summed E-state index contributed by atoms with van der Waals surface area (Å²) in [5.41, 5.74) is 2.09. The maximum Gasteiger partial charge on any atom is 0.337 e. The number of benzene rings is 1. The van der Waals surface area contributed by atoms with Gasteiger partial charge in [0.25, 0.3) is 11.1 Å². The third kappa shape index (κ3) is 3.73. The van der Waals surface area contributed by atoms with Crippen LogP contribution < -0.4 is 0 Å². The fourth-order valence-corrected chi connectivity index (χ4v) is 3.45. The van der Waals surface area contributed by atoms with Crippen LogP contribution in [-0.4, -0.2) is 35.7 Å². The van der Waals surface area contributed by atoms with Crippen LogP contribution >= 0.6 is 11.8 Å². The summed E-state index contributed by atoms with van der Waals surface area (Å²) in [5, 5.41) is -0.334. The fraction of sp³-hybridized carbons (Fsp3) is 0.150. The van der Waals surface area contributed by atoms with Gasteiger partial charge in [-0.1, -0.05) is 12.1 Å². The lowest BCUT2D eigenvalue weighted by atomic mass is 10.0. The molecule has 0 saturated carbocycles. The number of thioether (sulfide) groups is 1. The number of carbonyl (C=O) groups excluding carboxylic acids is 3. The van der Waals surface area contributed by atoms with Crippen molar-refractivity contribution in [2.75, 3.05) is 13.7 Å². The molecule has 1 aromatic heterocycles. The van der Waals surface area contributed by atoms with Crippen molar-refractivity contribution in [3.8, 4) is 11.3 Å². The lowest BCUT2D eigenvalue weighted by Gasteiger charge is -2.07. The van der Waals surface area contributed by atoms with Crippen molar-refractivity contribution in [3.63, 3.8) is 0 Å². The number of rotatable bonds is 5. The number of carbonyl (C=O) groups is 3. The van der Waals surface area contributed by atoms with Crippen LogP contribution in [0.25, 0.3) is 17.4 Å². The average molecular weight is 383 g/mol. The number of nitrogens with zero attached hydrogens (tertiary/aromatic N) is 1. The Morgan fingerprint density at radius 2 is 2.07 bits per heavy atom. The zero-order valence-electron chi connectivity index (χ0n) is 14.9. The Balaban J connectivity index is 1.90. The van der Waals surface area contributed by atoms with Crippen molar-refractivity contribution >= 4 is 35.0 Å². The summed E-state index contributed by atoms with van der Waals surface area (Å²) in [4.78, 5) is 37.3. The van der Waals surface area contributed by atoms with Gasteiger partial charge in [-0.15, -0.1) is 6.58 Å². The summed E-state index contributed by atoms with van der Waals surface area (Å²) >= 11 is 0.864. The monoisotopic (exact) mass is 383 g/mol. The minimum Gasteiger partial charge on any atom is -0.465 e. The van der Waals surface area contributed by atoms with Crippen molar-refractivity contribution in [3.05, 3.63) is 64.8 Å². The van der Waals surface area contributed by atoms with E-state index in [-0.39, 0.29) is 17.7 Å². The molecule has 7 heteroatoms. The Kier molecular flexibility index (Phi) is 5.32. The van der Waals surface area contributed by atoms with Gasteiger partial charge in [-0.2, -0.15) is 0 Å². The van der Waals surface area contributed by atoms with Gasteiger partial charge in [-0.05, 0) is 48.5 Å². The van der Waals surface area contributed by atoms with E-state index in [0.717, 1.165) is 27.8 Å². The van der Waals surface area contributed by atoms with Crippen molar-refractivity contribution < 1.29 is 23.5 Å². The quantitative estimate of drug-likeness (QED) is 0.436. The molecule has 1 aliphatic heterocycles. The van der Waals surface area contributed by atoms with Crippen LogP contribution in [0.4, 0.5) is 4.79 Å². The topological polar surface area (TPSA) is 76.8 Å². The molecule has 1 saturated heterocycles. The number of furan rings is 1. The second-order valence-corrected chi connectivity index (χ2v) is 6.80. The highest BCUT2D eigenvalue weighted by Gasteiger charge is 2.34. The fourth-order valence-electron chi connectivity index (χ4n) is 2.62. The summed E-state index contributed by atoms with van der Waals surface area (Å²) in [6, 6.07) is 8.65. The molecule has 3 rings (SSSR count). The molecule has 0 unspecified atom stereocenters. The maximum atomic E-state index is 12.3. The van der Waals surface area contributed by atoms with Gasteiger partial charge in [-0.25, -0.2) is 4.79 Å². The molecule has 0 spiro atoms. The van der Waals surface area contributed by atoms with E-state index in [0.29, 0.717) is 22.0 Å². The van der Waals surface area contributed by atoms with Crippen molar-refractivity contribution in [2.24, 2.45) is 0 Å². The molecule has 0 N–H and O–H groups in total. The molecule has 0 atom stereocenters. The van der Waals surface area contributed by atoms with Crippen LogP contribution in [0.1, 0.15) is 21.7 Å². The van der Waals surface area contributed by atoms with E-state index in [1.807, 2.05) is 13.0 Å². The first-order valence-corrected chi connectivity index (χ1v) is 8.91. The second kappa shape index (κ2) is 7.67. The van der Waals surface area contributed by atoms with Gasteiger partial charge in [0, 0.05) is 18.2 Å². The third-order valence-electron chi connectivity index (χ3n) is 4.01. The summed E-state index contributed by atoms with van der Waals surface area (Å²) < 4.78 is 10.6. The van der Waals surface area contributed by atoms with Gasteiger partial charge in [0.2, 0.25) is 0 Å². The molecule has 0 aliphatic carbocycles. The van der Waals surface area contributed by atoms with Crippen LogP contribution in [0.2, 0.25) is 0 Å². The number of hydrogen-bond acceptors (Lipinski definition) is 6. The minimum absolute atomic E-state index is 0.172. The van der Waals surface area contributed by atoms with Crippen molar-refractivity contribution in [1.82, 2.24) is 4.90 Å². The Labute approximate surface area is 160 Å². The SMILES string of the molecule is C=CCN1C(=O)S/C(=C/c2ccc(-c3cc(C(=O)OC)ccc3C)o2)C1=O. The summed E-state index contributed by atoms with van der Waals surface area (Å²) in [6.45, 7) is 5.62. The van der Waals surface area contributed by atoms with Crippen LogP contribution in [0.5, 0.6) is 0 Å². The predicted octanol–water partition coefficient (Wildman–Crippen LogP) is 4.26. The van der Waals surface area contributed by atoms with Gasteiger partial charge in [0.15, 0.2) is 0 Å². The van der Waals surface area contributed by atoms with E-state index in [4.69, 9.17) is 9.15 Å². The first-order chi connectivity index (χ1) is 12.9. The van der Waals surface area contributed by atoms with Gasteiger partial charge in [0.1, 0.15) is 11.5 Å². The highest BCUT2D eigenvalue weighted by atomic mass is 32.2. The lowest BCUT2D eigenvalue weighted by molar-refractivity contribution is -0.122. The van der Waals surface area contributed by atoms with E-state index in [1.54, 1.807) is 24.3 Å². The summed E-state index contributed by atoms with van der Waals surface area (Å²) in [6.07, 6.45) is 3.04. The molecule has 2 heterocycles. The van der Waals surface area contributed by atoms with Crippen LogP contribution in [0, 0.1) is 6.92 Å². The van der Waals surface area contributed by atoms with E-state index >= 15 is 0 Å². The molecular formula is C20H17NO5S. The van der Waals surface area contributed by atoms with E-state index in [2.05, 4.69) is 6.58 Å². The van der Waals surface area contributed by atoms with Crippen molar-refractivity contribution in [2.45, 2.75) is 6.92 Å². The predicted molar refractivity (Wildman–Crippen MR) is 103 cm³/mol. The third-order valence-corrected chi connectivity index (χ3v) is 4.92. The number of imide groups is 1. The number of amides is 2. The molecule has 0 radical (unpaired) electrons. The Morgan fingerprint density at radius 1 is 1.30 bits per heavy atom. The lowest BCUT2D eigenvalue weighted by Crippen LogP contribution is -2.27. The number of methoxy groups -OCH3 is 1. The van der Waals surface area contributed by atoms with Crippen LogP contribution in [0.15, 0.2) is 52.3 Å². The summed E-state index contributed by atoms with van der Waals surface area (Å²) in [7, 11) is 1.33. The van der Waals surface area contributed by atoms with Crippen LogP contribution in [0.3, 0.4) is 0 Å². The first kappa shape index (κ1) is 18.7. The minimum atomic E-state index is -0.432.